The maximum atomic E-state index is 12.1. The van der Waals surface area contributed by atoms with Gasteiger partial charge in [-0.15, -0.1) is 0 Å². The fraction of sp³-hybridized carbons (Fsp3) is 0.529. The number of hydrogen-bond acceptors (Lipinski definition) is 3. The highest BCUT2D eigenvalue weighted by Crippen LogP contribution is 2.10. The Morgan fingerprint density at radius 2 is 1.76 bits per heavy atom. The first-order valence-electron chi connectivity index (χ1n) is 7.33. The molecule has 0 saturated carbocycles. The van der Waals surface area contributed by atoms with Crippen molar-refractivity contribution in [2.75, 3.05) is 0 Å². The maximum Gasteiger partial charge on any atom is 0.407 e. The molecule has 0 aliphatic rings. The van der Waals surface area contributed by atoms with Gasteiger partial charge in [-0.2, -0.15) is 0 Å². The van der Waals surface area contributed by atoms with E-state index < -0.39 is 11.7 Å². The lowest BCUT2D eigenvalue weighted by Gasteiger charge is -2.21. The van der Waals surface area contributed by atoms with Crippen LogP contribution in [-0.4, -0.2) is 23.5 Å². The number of ketones is 1. The molecule has 0 aliphatic carbocycles. The number of amides is 1. The summed E-state index contributed by atoms with van der Waals surface area (Å²) in [5, 5.41) is 2.68. The maximum absolute atomic E-state index is 12.1. The van der Waals surface area contributed by atoms with Gasteiger partial charge in [0.25, 0.3) is 0 Å². The van der Waals surface area contributed by atoms with Gasteiger partial charge in [0, 0.05) is 18.0 Å². The van der Waals surface area contributed by atoms with Crippen molar-refractivity contribution in [1.82, 2.24) is 5.32 Å². The van der Waals surface area contributed by atoms with Gasteiger partial charge in [0.2, 0.25) is 0 Å². The third kappa shape index (κ3) is 6.43. The lowest BCUT2D eigenvalue weighted by atomic mass is 10.0. The molecule has 1 unspecified atom stereocenters. The molecule has 4 nitrogen and oxygen atoms in total. The monoisotopic (exact) mass is 291 g/mol. The molecular formula is C17H25NO3. The zero-order valence-electron chi connectivity index (χ0n) is 13.5. The summed E-state index contributed by atoms with van der Waals surface area (Å²) in [5.74, 6) is 0.0150. The number of aryl methyl sites for hydroxylation is 1. The quantitative estimate of drug-likeness (QED) is 0.841. The zero-order chi connectivity index (χ0) is 16.0. The van der Waals surface area contributed by atoms with Gasteiger partial charge in [0.05, 0.1) is 0 Å². The van der Waals surface area contributed by atoms with E-state index in [2.05, 4.69) is 12.2 Å². The fourth-order valence-corrected chi connectivity index (χ4v) is 1.88. The summed E-state index contributed by atoms with van der Waals surface area (Å²) in [6.07, 6.45) is 0.708. The Hall–Kier alpha value is -1.84. The van der Waals surface area contributed by atoms with Crippen LogP contribution in [0.5, 0.6) is 0 Å². The molecule has 1 aromatic rings. The van der Waals surface area contributed by atoms with E-state index in [0.29, 0.717) is 5.56 Å². The van der Waals surface area contributed by atoms with Crippen molar-refractivity contribution >= 4 is 11.9 Å². The van der Waals surface area contributed by atoms with Crippen molar-refractivity contribution in [3.8, 4) is 0 Å². The number of rotatable bonds is 5. The van der Waals surface area contributed by atoms with Gasteiger partial charge in [-0.3, -0.25) is 4.79 Å². The molecule has 1 rings (SSSR count). The number of carbonyl (C=O) groups is 2. The van der Waals surface area contributed by atoms with E-state index in [1.54, 1.807) is 27.7 Å². The van der Waals surface area contributed by atoms with Crippen molar-refractivity contribution in [3.63, 3.8) is 0 Å². The number of nitrogens with one attached hydrogen (secondary N) is 1. The SMILES string of the molecule is CCc1ccc(C(=O)CC(C)NC(=O)OC(C)(C)C)cc1. The van der Waals surface area contributed by atoms with Crippen LogP contribution in [0.15, 0.2) is 24.3 Å². The Morgan fingerprint density at radius 1 is 1.19 bits per heavy atom. The lowest BCUT2D eigenvalue weighted by Crippen LogP contribution is -2.38. The number of ether oxygens (including phenoxy) is 1. The number of hydrogen-bond donors (Lipinski definition) is 1. The predicted molar refractivity (Wildman–Crippen MR) is 83.6 cm³/mol. The molecule has 21 heavy (non-hydrogen) atoms. The molecule has 0 aromatic heterocycles. The first-order valence-corrected chi connectivity index (χ1v) is 7.33. The minimum Gasteiger partial charge on any atom is -0.444 e. The number of benzene rings is 1. The minimum atomic E-state index is -0.538. The molecule has 0 radical (unpaired) electrons. The second-order valence-corrected chi connectivity index (χ2v) is 6.23. The van der Waals surface area contributed by atoms with E-state index in [9.17, 15) is 9.59 Å². The molecule has 0 saturated heterocycles. The van der Waals surface area contributed by atoms with Crippen LogP contribution in [0.1, 0.15) is 57.0 Å². The van der Waals surface area contributed by atoms with Crippen LogP contribution in [0.4, 0.5) is 4.79 Å². The predicted octanol–water partition coefficient (Wildman–Crippen LogP) is 3.74. The van der Waals surface area contributed by atoms with E-state index in [0.717, 1.165) is 6.42 Å². The Kier molecular flexibility index (Phi) is 5.94. The highest BCUT2D eigenvalue weighted by Gasteiger charge is 2.19. The smallest absolute Gasteiger partial charge is 0.407 e. The van der Waals surface area contributed by atoms with Crippen LogP contribution in [0.3, 0.4) is 0 Å². The normalized spacial score (nSPS) is 12.6. The summed E-state index contributed by atoms with van der Waals surface area (Å²) in [6, 6.07) is 7.32. The summed E-state index contributed by atoms with van der Waals surface area (Å²) in [6.45, 7) is 9.28. The van der Waals surface area contributed by atoms with Crippen LogP contribution in [0, 0.1) is 0 Å². The van der Waals surface area contributed by atoms with E-state index in [1.807, 2.05) is 24.3 Å². The molecule has 1 amide bonds. The number of carbonyl (C=O) groups excluding carboxylic acids is 2. The molecular weight excluding hydrogens is 266 g/mol. The number of alkyl carbamates (subject to hydrolysis) is 1. The average Bonchev–Trinajstić information content (AvgIpc) is 2.36. The summed E-state index contributed by atoms with van der Waals surface area (Å²) < 4.78 is 5.16. The third-order valence-electron chi connectivity index (χ3n) is 2.94. The summed E-state index contributed by atoms with van der Waals surface area (Å²) in [5.41, 5.74) is 1.33. The van der Waals surface area contributed by atoms with Gasteiger partial charge in [-0.05, 0) is 39.7 Å². The third-order valence-corrected chi connectivity index (χ3v) is 2.94. The van der Waals surface area contributed by atoms with E-state index in [-0.39, 0.29) is 18.2 Å². The Bertz CT molecular complexity index is 486. The molecule has 0 fully saturated rings. The molecule has 0 bridgehead atoms. The van der Waals surface area contributed by atoms with Gasteiger partial charge in [-0.25, -0.2) is 4.79 Å². The minimum absolute atomic E-state index is 0.0150. The van der Waals surface area contributed by atoms with Crippen LogP contribution in [0.2, 0.25) is 0 Å². The zero-order valence-corrected chi connectivity index (χ0v) is 13.5. The van der Waals surface area contributed by atoms with E-state index in [4.69, 9.17) is 4.74 Å². The summed E-state index contributed by atoms with van der Waals surface area (Å²) >= 11 is 0. The molecule has 1 aromatic carbocycles. The molecule has 0 aliphatic heterocycles. The van der Waals surface area contributed by atoms with Gasteiger partial charge >= 0.3 is 6.09 Å². The molecule has 0 heterocycles. The summed E-state index contributed by atoms with van der Waals surface area (Å²) in [7, 11) is 0. The van der Waals surface area contributed by atoms with Crippen LogP contribution in [0.25, 0.3) is 0 Å². The van der Waals surface area contributed by atoms with Gasteiger partial charge in [0.1, 0.15) is 5.60 Å². The first-order chi connectivity index (χ1) is 9.71. The Morgan fingerprint density at radius 3 is 2.24 bits per heavy atom. The van der Waals surface area contributed by atoms with Gasteiger partial charge in [-0.1, -0.05) is 31.2 Å². The van der Waals surface area contributed by atoms with Crippen molar-refractivity contribution in [2.24, 2.45) is 0 Å². The molecule has 0 spiro atoms. The van der Waals surface area contributed by atoms with Crippen LogP contribution < -0.4 is 5.32 Å². The first kappa shape index (κ1) is 17.2. The Labute approximate surface area is 126 Å². The topological polar surface area (TPSA) is 55.4 Å². The second-order valence-electron chi connectivity index (χ2n) is 6.23. The van der Waals surface area contributed by atoms with E-state index >= 15 is 0 Å². The van der Waals surface area contributed by atoms with Crippen molar-refractivity contribution in [3.05, 3.63) is 35.4 Å². The van der Waals surface area contributed by atoms with Gasteiger partial charge in [0.15, 0.2) is 5.78 Å². The highest BCUT2D eigenvalue weighted by molar-refractivity contribution is 5.96. The van der Waals surface area contributed by atoms with E-state index in [1.165, 1.54) is 5.56 Å². The second kappa shape index (κ2) is 7.25. The largest absolute Gasteiger partial charge is 0.444 e. The number of Topliss-reactive ketones (excluding diaryl/α,β-unsaturated/α-hetero) is 1. The lowest BCUT2D eigenvalue weighted by molar-refractivity contribution is 0.0506. The summed E-state index contributed by atoms with van der Waals surface area (Å²) in [4.78, 5) is 23.8. The molecule has 1 N–H and O–H groups in total. The Balaban J connectivity index is 2.51. The standard InChI is InChI=1S/C17H25NO3/c1-6-13-7-9-14(10-8-13)15(19)11-12(2)18-16(20)21-17(3,4)5/h7-10,12H,6,11H2,1-5H3,(H,18,20). The average molecular weight is 291 g/mol. The fourth-order valence-electron chi connectivity index (χ4n) is 1.88. The van der Waals surface area contributed by atoms with Crippen LogP contribution in [-0.2, 0) is 11.2 Å². The van der Waals surface area contributed by atoms with Crippen molar-refractivity contribution in [1.29, 1.82) is 0 Å². The van der Waals surface area contributed by atoms with Crippen molar-refractivity contribution < 1.29 is 14.3 Å². The van der Waals surface area contributed by atoms with Gasteiger partial charge < -0.3 is 10.1 Å². The van der Waals surface area contributed by atoms with Crippen molar-refractivity contribution in [2.45, 2.75) is 59.1 Å². The highest BCUT2D eigenvalue weighted by atomic mass is 16.6. The molecule has 4 heteroatoms. The molecule has 1 atom stereocenters. The molecule has 116 valence electrons. The van der Waals surface area contributed by atoms with Crippen LogP contribution >= 0.6 is 0 Å².